The van der Waals surface area contributed by atoms with Gasteiger partial charge in [-0.25, -0.2) is 0 Å². The number of hydrogen-bond acceptors (Lipinski definition) is 3. The normalized spacial score (nSPS) is 16.9. The lowest BCUT2D eigenvalue weighted by Crippen LogP contribution is -2.45. The molecule has 122 valence electrons. The van der Waals surface area contributed by atoms with Gasteiger partial charge in [0.25, 0.3) is 0 Å². The zero-order valence-corrected chi connectivity index (χ0v) is 13.9. The van der Waals surface area contributed by atoms with Crippen LogP contribution in [0.3, 0.4) is 0 Å². The highest BCUT2D eigenvalue weighted by atomic mass is 16.5. The van der Waals surface area contributed by atoms with Gasteiger partial charge in [0.2, 0.25) is 0 Å². The smallest absolute Gasteiger partial charge is 0.124 e. The van der Waals surface area contributed by atoms with Gasteiger partial charge in [0.05, 0.1) is 0 Å². The summed E-state index contributed by atoms with van der Waals surface area (Å²) < 4.78 is 6.15. The van der Waals surface area contributed by atoms with Crippen LogP contribution in [0.5, 0.6) is 5.75 Å². The summed E-state index contributed by atoms with van der Waals surface area (Å²) in [7, 11) is 0. The van der Waals surface area contributed by atoms with E-state index in [0.717, 1.165) is 38.3 Å². The largest absolute Gasteiger partial charge is 0.489 e. The molecule has 1 aliphatic heterocycles. The van der Waals surface area contributed by atoms with Gasteiger partial charge in [-0.05, 0) is 18.1 Å². The summed E-state index contributed by atoms with van der Waals surface area (Å²) in [5.41, 5.74) is 2.52. The Balaban J connectivity index is 1.75. The van der Waals surface area contributed by atoms with E-state index in [1.807, 2.05) is 6.07 Å². The molecular weight excluding hydrogens is 284 g/mol. The van der Waals surface area contributed by atoms with Crippen LogP contribution in [-0.4, -0.2) is 31.1 Å². The van der Waals surface area contributed by atoms with Crippen molar-refractivity contribution in [1.29, 1.82) is 0 Å². The second kappa shape index (κ2) is 8.14. The van der Waals surface area contributed by atoms with E-state index in [0.29, 0.717) is 12.6 Å². The molecule has 0 aliphatic carbocycles. The minimum Gasteiger partial charge on any atom is -0.489 e. The Morgan fingerprint density at radius 3 is 2.43 bits per heavy atom. The summed E-state index contributed by atoms with van der Waals surface area (Å²) in [6.45, 7) is 7.24. The molecular formula is C20H26N2O. The predicted octanol–water partition coefficient (Wildman–Crippen LogP) is 3.62. The van der Waals surface area contributed by atoms with E-state index in [2.05, 4.69) is 65.7 Å². The first kappa shape index (κ1) is 16.0. The van der Waals surface area contributed by atoms with E-state index < -0.39 is 0 Å². The molecule has 3 heteroatoms. The fourth-order valence-electron chi connectivity index (χ4n) is 3.29. The van der Waals surface area contributed by atoms with Gasteiger partial charge in [-0.3, -0.25) is 4.90 Å². The molecule has 1 fully saturated rings. The molecule has 0 bridgehead atoms. The van der Waals surface area contributed by atoms with E-state index in [1.165, 1.54) is 11.1 Å². The van der Waals surface area contributed by atoms with E-state index in [-0.39, 0.29) is 0 Å². The maximum absolute atomic E-state index is 6.15. The third-order valence-electron chi connectivity index (χ3n) is 4.49. The van der Waals surface area contributed by atoms with Crippen molar-refractivity contribution in [3.63, 3.8) is 0 Å². The van der Waals surface area contributed by atoms with Gasteiger partial charge in [0, 0.05) is 37.8 Å². The van der Waals surface area contributed by atoms with Crippen molar-refractivity contribution in [2.45, 2.75) is 26.0 Å². The van der Waals surface area contributed by atoms with Crippen molar-refractivity contribution >= 4 is 0 Å². The molecule has 0 radical (unpaired) electrons. The van der Waals surface area contributed by atoms with Crippen LogP contribution in [-0.2, 0) is 6.61 Å². The molecule has 3 nitrogen and oxygen atoms in total. The van der Waals surface area contributed by atoms with Crippen LogP contribution in [0.25, 0.3) is 0 Å². The van der Waals surface area contributed by atoms with Gasteiger partial charge in [0.15, 0.2) is 0 Å². The molecule has 2 aromatic rings. The van der Waals surface area contributed by atoms with Gasteiger partial charge in [0.1, 0.15) is 12.4 Å². The van der Waals surface area contributed by atoms with E-state index in [1.54, 1.807) is 0 Å². The summed E-state index contributed by atoms with van der Waals surface area (Å²) in [4.78, 5) is 2.57. The molecule has 1 aliphatic rings. The number of rotatable bonds is 6. The molecule has 1 N–H and O–H groups in total. The van der Waals surface area contributed by atoms with Crippen molar-refractivity contribution in [3.8, 4) is 5.75 Å². The van der Waals surface area contributed by atoms with Crippen molar-refractivity contribution < 1.29 is 4.74 Å². The van der Waals surface area contributed by atoms with E-state index in [9.17, 15) is 0 Å². The number of ether oxygens (including phenoxy) is 1. The minimum atomic E-state index is 0.434. The SMILES string of the molecule is CCC(c1ccccc1OCc1ccccc1)N1CCNCC1. The standard InChI is InChI=1S/C20H26N2O/c1-2-19(22-14-12-21-13-15-22)18-10-6-7-11-20(18)23-16-17-8-4-3-5-9-17/h3-11,19,21H,2,12-16H2,1H3. The highest BCUT2D eigenvalue weighted by Gasteiger charge is 2.23. The van der Waals surface area contributed by atoms with Crippen LogP contribution in [0.2, 0.25) is 0 Å². The predicted molar refractivity (Wildman–Crippen MR) is 94.7 cm³/mol. The Labute approximate surface area is 139 Å². The van der Waals surface area contributed by atoms with Gasteiger partial charge in [-0.2, -0.15) is 0 Å². The molecule has 3 rings (SSSR count). The number of nitrogens with one attached hydrogen (secondary N) is 1. The van der Waals surface area contributed by atoms with Crippen LogP contribution in [0, 0.1) is 0 Å². The van der Waals surface area contributed by atoms with Crippen molar-refractivity contribution in [2.24, 2.45) is 0 Å². The lowest BCUT2D eigenvalue weighted by molar-refractivity contribution is 0.164. The molecule has 1 saturated heterocycles. The molecule has 0 spiro atoms. The Bertz CT molecular complexity index is 594. The van der Waals surface area contributed by atoms with Crippen molar-refractivity contribution in [1.82, 2.24) is 10.2 Å². The zero-order chi connectivity index (χ0) is 15.9. The Hall–Kier alpha value is -1.84. The molecule has 0 aromatic heterocycles. The van der Waals surface area contributed by atoms with Gasteiger partial charge in [-0.15, -0.1) is 0 Å². The van der Waals surface area contributed by atoms with E-state index in [4.69, 9.17) is 4.74 Å². The highest BCUT2D eigenvalue weighted by Crippen LogP contribution is 2.32. The molecule has 0 amide bonds. The molecule has 1 unspecified atom stereocenters. The Kier molecular flexibility index (Phi) is 5.67. The van der Waals surface area contributed by atoms with Crippen LogP contribution < -0.4 is 10.1 Å². The van der Waals surface area contributed by atoms with Gasteiger partial charge < -0.3 is 10.1 Å². The van der Waals surface area contributed by atoms with Crippen molar-refractivity contribution in [2.75, 3.05) is 26.2 Å². The third-order valence-corrected chi connectivity index (χ3v) is 4.49. The van der Waals surface area contributed by atoms with Crippen LogP contribution in [0.1, 0.15) is 30.5 Å². The average Bonchev–Trinajstić information content (AvgIpc) is 2.63. The van der Waals surface area contributed by atoms with Gasteiger partial charge in [-0.1, -0.05) is 55.5 Å². The van der Waals surface area contributed by atoms with Crippen LogP contribution in [0.15, 0.2) is 54.6 Å². The Morgan fingerprint density at radius 1 is 1.00 bits per heavy atom. The summed E-state index contributed by atoms with van der Waals surface area (Å²) in [6.07, 6.45) is 1.10. The first-order valence-corrected chi connectivity index (χ1v) is 8.59. The third kappa shape index (κ3) is 4.12. The molecule has 23 heavy (non-hydrogen) atoms. The van der Waals surface area contributed by atoms with E-state index >= 15 is 0 Å². The molecule has 1 heterocycles. The first-order valence-electron chi connectivity index (χ1n) is 8.59. The number of nitrogens with zero attached hydrogens (tertiary/aromatic N) is 1. The Morgan fingerprint density at radius 2 is 1.70 bits per heavy atom. The molecule has 2 aromatic carbocycles. The fraction of sp³-hybridized carbons (Fsp3) is 0.400. The second-order valence-electron chi connectivity index (χ2n) is 6.02. The van der Waals surface area contributed by atoms with Crippen LogP contribution >= 0.6 is 0 Å². The monoisotopic (exact) mass is 310 g/mol. The minimum absolute atomic E-state index is 0.434. The maximum Gasteiger partial charge on any atom is 0.124 e. The zero-order valence-electron chi connectivity index (χ0n) is 13.9. The number of benzene rings is 2. The summed E-state index contributed by atoms with van der Waals surface area (Å²) in [5, 5.41) is 3.43. The van der Waals surface area contributed by atoms with Crippen molar-refractivity contribution in [3.05, 3.63) is 65.7 Å². The number of hydrogen-bond donors (Lipinski definition) is 1. The lowest BCUT2D eigenvalue weighted by Gasteiger charge is -2.35. The topological polar surface area (TPSA) is 24.5 Å². The fourth-order valence-corrected chi connectivity index (χ4v) is 3.29. The van der Waals surface area contributed by atoms with Crippen LogP contribution in [0.4, 0.5) is 0 Å². The lowest BCUT2D eigenvalue weighted by atomic mass is 10.0. The second-order valence-corrected chi connectivity index (χ2v) is 6.02. The van der Waals surface area contributed by atoms with Gasteiger partial charge >= 0.3 is 0 Å². The molecule has 0 saturated carbocycles. The average molecular weight is 310 g/mol. The molecule has 1 atom stereocenters. The first-order chi connectivity index (χ1) is 11.4. The number of para-hydroxylation sites is 1. The summed E-state index contributed by atoms with van der Waals surface area (Å²) in [6, 6.07) is 19.3. The number of piperazine rings is 1. The quantitative estimate of drug-likeness (QED) is 0.882. The summed E-state index contributed by atoms with van der Waals surface area (Å²) >= 11 is 0. The summed E-state index contributed by atoms with van der Waals surface area (Å²) in [5.74, 6) is 1.02. The highest BCUT2D eigenvalue weighted by molar-refractivity contribution is 5.36. The maximum atomic E-state index is 6.15.